The van der Waals surface area contributed by atoms with E-state index in [4.69, 9.17) is 21.1 Å². The molecule has 4 heterocycles. The molecule has 2 aromatic heterocycles. The van der Waals surface area contributed by atoms with Crippen molar-refractivity contribution in [1.82, 2.24) is 15.2 Å². The van der Waals surface area contributed by atoms with Crippen LogP contribution in [0.5, 0.6) is 5.19 Å². The van der Waals surface area contributed by atoms with Gasteiger partial charge in [0.1, 0.15) is 6.61 Å². The summed E-state index contributed by atoms with van der Waals surface area (Å²) in [6.45, 7) is 1.70. The fourth-order valence-electron chi connectivity index (χ4n) is 4.01. The number of rotatable bonds is 6. The van der Waals surface area contributed by atoms with Crippen LogP contribution in [0.1, 0.15) is 28.8 Å². The molecule has 8 nitrogen and oxygen atoms in total. The Bertz CT molecular complexity index is 1060. The number of fused-ring (bicyclic) bond motifs is 2. The quantitative estimate of drug-likeness (QED) is 0.602. The van der Waals surface area contributed by atoms with Gasteiger partial charge in [-0.1, -0.05) is 28.8 Å². The second kappa shape index (κ2) is 8.78. The zero-order valence-electron chi connectivity index (χ0n) is 16.5. The molecule has 160 valence electrons. The van der Waals surface area contributed by atoms with Crippen molar-refractivity contribution in [2.45, 2.75) is 31.5 Å². The third kappa shape index (κ3) is 4.34. The van der Waals surface area contributed by atoms with Crippen molar-refractivity contribution in [2.75, 3.05) is 23.4 Å². The molecular weight excluding hydrogens is 438 g/mol. The first-order valence-electron chi connectivity index (χ1n) is 9.99. The van der Waals surface area contributed by atoms with E-state index in [1.807, 2.05) is 12.1 Å². The molecule has 5 rings (SSSR count). The highest BCUT2D eigenvalue weighted by atomic mass is 35.5. The average Bonchev–Trinajstić information content (AvgIpc) is 3.33. The minimum absolute atomic E-state index is 0.247. The lowest BCUT2D eigenvalue weighted by molar-refractivity contribution is 0.0901. The lowest BCUT2D eigenvalue weighted by atomic mass is 10.1. The fraction of sp³-hybridized carbons (Fsp3) is 0.333. The van der Waals surface area contributed by atoms with Crippen molar-refractivity contribution in [2.24, 2.45) is 0 Å². The van der Waals surface area contributed by atoms with Crippen LogP contribution in [0, 0.1) is 0 Å². The predicted molar refractivity (Wildman–Crippen MR) is 118 cm³/mol. The van der Waals surface area contributed by atoms with Crippen LogP contribution in [0.15, 0.2) is 42.7 Å². The summed E-state index contributed by atoms with van der Waals surface area (Å²) in [5.74, 6) is -0.247. The first kappa shape index (κ1) is 20.2. The summed E-state index contributed by atoms with van der Waals surface area (Å²) < 4.78 is 11.3. The summed E-state index contributed by atoms with van der Waals surface area (Å²) in [6, 6.07) is 9.68. The minimum Gasteiger partial charge on any atom is -0.464 e. The number of nitrogens with one attached hydrogen (secondary N) is 1. The molecule has 31 heavy (non-hydrogen) atoms. The number of ether oxygens (including phenoxy) is 2. The van der Waals surface area contributed by atoms with Gasteiger partial charge in [-0.3, -0.25) is 15.1 Å². The molecule has 0 spiro atoms. The summed E-state index contributed by atoms with van der Waals surface area (Å²) in [7, 11) is 0. The summed E-state index contributed by atoms with van der Waals surface area (Å²) in [6.07, 6.45) is 5.50. The fourth-order valence-corrected chi connectivity index (χ4v) is 4.73. The largest absolute Gasteiger partial charge is 0.464 e. The van der Waals surface area contributed by atoms with Crippen molar-refractivity contribution in [3.63, 3.8) is 0 Å². The SMILES string of the molecule is O=C(Nc1nnc(OCc2ccc(Cl)cc2)s1)c1ccncc1N1C2CCC1COC2. The Morgan fingerprint density at radius 2 is 1.97 bits per heavy atom. The first-order valence-corrected chi connectivity index (χ1v) is 11.2. The third-order valence-electron chi connectivity index (χ3n) is 5.47. The monoisotopic (exact) mass is 457 g/mol. The highest BCUT2D eigenvalue weighted by Gasteiger charge is 2.39. The molecule has 2 unspecified atom stereocenters. The number of pyridine rings is 1. The van der Waals surface area contributed by atoms with Crippen LogP contribution in [-0.4, -0.2) is 46.4 Å². The maximum absolute atomic E-state index is 13.0. The average molecular weight is 458 g/mol. The summed E-state index contributed by atoms with van der Waals surface area (Å²) in [5, 5.41) is 12.3. The predicted octanol–water partition coefficient (Wildman–Crippen LogP) is 3.79. The molecule has 2 atom stereocenters. The van der Waals surface area contributed by atoms with E-state index in [1.54, 1.807) is 30.6 Å². The minimum atomic E-state index is -0.247. The second-order valence-electron chi connectivity index (χ2n) is 7.46. The molecule has 2 aliphatic rings. The van der Waals surface area contributed by atoms with E-state index in [-0.39, 0.29) is 18.0 Å². The number of carbonyl (C=O) groups excluding carboxylic acids is 1. The normalized spacial score (nSPS) is 20.0. The van der Waals surface area contributed by atoms with Gasteiger partial charge in [-0.25, -0.2) is 0 Å². The van der Waals surface area contributed by atoms with E-state index >= 15 is 0 Å². The Balaban J connectivity index is 1.27. The van der Waals surface area contributed by atoms with Crippen LogP contribution in [0.4, 0.5) is 10.8 Å². The van der Waals surface area contributed by atoms with Crippen molar-refractivity contribution in [3.05, 3.63) is 58.9 Å². The van der Waals surface area contributed by atoms with E-state index in [0.717, 1.165) is 24.1 Å². The van der Waals surface area contributed by atoms with Crippen LogP contribution < -0.4 is 15.0 Å². The van der Waals surface area contributed by atoms with Gasteiger partial charge in [0, 0.05) is 11.2 Å². The molecule has 2 saturated heterocycles. The highest BCUT2D eigenvalue weighted by Crippen LogP contribution is 2.36. The zero-order chi connectivity index (χ0) is 21.2. The van der Waals surface area contributed by atoms with Gasteiger partial charge in [-0.05, 0) is 47.9 Å². The summed E-state index contributed by atoms with van der Waals surface area (Å²) >= 11 is 7.08. The number of benzene rings is 1. The molecular formula is C21H20ClN5O3S. The van der Waals surface area contributed by atoms with Crippen LogP contribution in [0.3, 0.4) is 0 Å². The Hall–Kier alpha value is -2.75. The number of anilines is 2. The van der Waals surface area contributed by atoms with Gasteiger partial charge in [0.2, 0.25) is 5.13 Å². The van der Waals surface area contributed by atoms with E-state index in [9.17, 15) is 4.79 Å². The smallest absolute Gasteiger partial charge is 0.296 e. The molecule has 1 aromatic carbocycles. The number of amides is 1. The Morgan fingerprint density at radius 3 is 2.74 bits per heavy atom. The maximum atomic E-state index is 13.0. The number of morpholine rings is 1. The molecule has 2 fully saturated rings. The molecule has 2 bridgehead atoms. The van der Waals surface area contributed by atoms with Gasteiger partial charge in [-0.2, -0.15) is 0 Å². The molecule has 1 N–H and O–H groups in total. The van der Waals surface area contributed by atoms with Gasteiger partial charge >= 0.3 is 0 Å². The summed E-state index contributed by atoms with van der Waals surface area (Å²) in [4.78, 5) is 19.6. The standard InChI is InChI=1S/C21H20ClN5O3S/c22-14-3-1-13(2-4-14)10-30-21-26-25-20(31-21)24-19(28)17-7-8-23-9-18(17)27-15-5-6-16(27)12-29-11-15/h1-4,7-9,15-16H,5-6,10-12H2,(H,24,25,28). The number of halogens is 1. The number of aromatic nitrogens is 3. The first-order chi connectivity index (χ1) is 15.2. The summed E-state index contributed by atoms with van der Waals surface area (Å²) in [5.41, 5.74) is 2.36. The molecule has 0 radical (unpaired) electrons. The van der Waals surface area contributed by atoms with Crippen LogP contribution in [-0.2, 0) is 11.3 Å². The van der Waals surface area contributed by atoms with E-state index in [0.29, 0.717) is 40.7 Å². The van der Waals surface area contributed by atoms with Crippen molar-refractivity contribution >= 4 is 39.7 Å². The van der Waals surface area contributed by atoms with Crippen LogP contribution in [0.25, 0.3) is 0 Å². The lowest BCUT2D eigenvalue weighted by Crippen LogP contribution is -2.46. The van der Waals surface area contributed by atoms with Gasteiger partial charge in [0.25, 0.3) is 11.1 Å². The second-order valence-corrected chi connectivity index (χ2v) is 8.84. The number of nitrogens with zero attached hydrogens (tertiary/aromatic N) is 4. The molecule has 1 amide bonds. The van der Waals surface area contributed by atoms with Gasteiger partial charge in [-0.15, -0.1) is 5.10 Å². The molecule has 0 saturated carbocycles. The van der Waals surface area contributed by atoms with E-state index in [1.165, 1.54) is 11.3 Å². The highest BCUT2D eigenvalue weighted by molar-refractivity contribution is 7.17. The van der Waals surface area contributed by atoms with E-state index in [2.05, 4.69) is 25.4 Å². The lowest BCUT2D eigenvalue weighted by Gasteiger charge is -2.37. The number of carbonyl (C=O) groups is 1. The Kier molecular flexibility index (Phi) is 5.71. The molecule has 2 aliphatic heterocycles. The van der Waals surface area contributed by atoms with Crippen LogP contribution in [0.2, 0.25) is 5.02 Å². The molecule has 10 heteroatoms. The van der Waals surface area contributed by atoms with Gasteiger partial charge in [0.05, 0.1) is 42.7 Å². The van der Waals surface area contributed by atoms with Gasteiger partial charge < -0.3 is 14.4 Å². The maximum Gasteiger partial charge on any atom is 0.296 e. The van der Waals surface area contributed by atoms with Gasteiger partial charge in [0.15, 0.2) is 0 Å². The van der Waals surface area contributed by atoms with Crippen molar-refractivity contribution in [1.29, 1.82) is 0 Å². The van der Waals surface area contributed by atoms with Crippen LogP contribution >= 0.6 is 22.9 Å². The third-order valence-corrected chi connectivity index (χ3v) is 6.47. The van der Waals surface area contributed by atoms with Crippen molar-refractivity contribution < 1.29 is 14.3 Å². The van der Waals surface area contributed by atoms with E-state index < -0.39 is 0 Å². The molecule has 0 aliphatic carbocycles. The van der Waals surface area contributed by atoms with Crippen molar-refractivity contribution in [3.8, 4) is 5.19 Å². The zero-order valence-corrected chi connectivity index (χ0v) is 18.1. The Morgan fingerprint density at radius 1 is 1.19 bits per heavy atom. The number of hydrogen-bond donors (Lipinski definition) is 1. The topological polar surface area (TPSA) is 89.5 Å². The molecule has 3 aromatic rings. The number of hydrogen-bond acceptors (Lipinski definition) is 8. The Labute approximate surface area is 188 Å².